The first-order valence-electron chi connectivity index (χ1n) is 4.79. The van der Waals surface area contributed by atoms with Crippen LogP contribution in [0.15, 0.2) is 0 Å². The molecule has 1 aliphatic rings. The minimum atomic E-state index is 0.362. The summed E-state index contributed by atoms with van der Waals surface area (Å²) in [6.07, 6.45) is 3.60. The summed E-state index contributed by atoms with van der Waals surface area (Å²) in [5, 5.41) is 0.547. The van der Waals surface area contributed by atoms with Crippen molar-refractivity contribution in [3.8, 4) is 0 Å². The molecule has 1 saturated heterocycles. The van der Waals surface area contributed by atoms with Gasteiger partial charge in [0.05, 0.1) is 6.61 Å². The van der Waals surface area contributed by atoms with Crippen LogP contribution < -0.4 is 5.73 Å². The quantitative estimate of drug-likeness (QED) is 0.683. The third-order valence-corrected chi connectivity index (χ3v) is 3.62. The SMILES string of the molecule is CCCCSC1COCCC1N. The Balaban J connectivity index is 2.11. The molecular formula is C9H19NOS. The molecule has 3 heteroatoms. The van der Waals surface area contributed by atoms with E-state index in [1.54, 1.807) is 0 Å². The average molecular weight is 189 g/mol. The Hall–Kier alpha value is 0.270. The Morgan fingerprint density at radius 2 is 2.42 bits per heavy atom. The fourth-order valence-corrected chi connectivity index (χ4v) is 2.61. The lowest BCUT2D eigenvalue weighted by molar-refractivity contribution is 0.0916. The zero-order valence-electron chi connectivity index (χ0n) is 7.79. The third-order valence-electron chi connectivity index (χ3n) is 2.18. The fraction of sp³-hybridized carbons (Fsp3) is 1.00. The molecule has 0 saturated carbocycles. The maximum absolute atomic E-state index is 5.96. The first kappa shape index (κ1) is 10.4. The van der Waals surface area contributed by atoms with Crippen molar-refractivity contribution in [2.24, 2.45) is 5.73 Å². The average Bonchev–Trinajstić information content (AvgIpc) is 2.09. The lowest BCUT2D eigenvalue weighted by Crippen LogP contribution is -2.41. The van der Waals surface area contributed by atoms with E-state index in [-0.39, 0.29) is 0 Å². The summed E-state index contributed by atoms with van der Waals surface area (Å²) >= 11 is 1.98. The van der Waals surface area contributed by atoms with Crippen LogP contribution >= 0.6 is 11.8 Å². The Kier molecular flexibility index (Phi) is 5.04. The fourth-order valence-electron chi connectivity index (χ4n) is 1.28. The summed E-state index contributed by atoms with van der Waals surface area (Å²) in [6.45, 7) is 3.93. The van der Waals surface area contributed by atoms with Crippen LogP contribution in [-0.4, -0.2) is 30.3 Å². The van der Waals surface area contributed by atoms with Crippen LogP contribution in [0.5, 0.6) is 0 Å². The molecule has 0 spiro atoms. The van der Waals surface area contributed by atoms with Gasteiger partial charge in [0, 0.05) is 17.9 Å². The highest BCUT2D eigenvalue weighted by atomic mass is 32.2. The Bertz CT molecular complexity index is 121. The van der Waals surface area contributed by atoms with Crippen molar-refractivity contribution >= 4 is 11.8 Å². The van der Waals surface area contributed by atoms with E-state index in [4.69, 9.17) is 10.5 Å². The molecule has 0 bridgehead atoms. The van der Waals surface area contributed by atoms with Crippen LogP contribution in [0.25, 0.3) is 0 Å². The van der Waals surface area contributed by atoms with E-state index in [0.29, 0.717) is 11.3 Å². The molecule has 0 aromatic rings. The molecule has 0 aliphatic carbocycles. The molecule has 0 aromatic heterocycles. The molecule has 0 radical (unpaired) electrons. The molecule has 1 fully saturated rings. The van der Waals surface area contributed by atoms with Gasteiger partial charge in [-0.25, -0.2) is 0 Å². The van der Waals surface area contributed by atoms with Crippen LogP contribution in [-0.2, 0) is 4.74 Å². The number of rotatable bonds is 4. The van der Waals surface area contributed by atoms with Crippen molar-refractivity contribution in [3.63, 3.8) is 0 Å². The number of unbranched alkanes of at least 4 members (excludes halogenated alkanes) is 1. The van der Waals surface area contributed by atoms with Crippen LogP contribution in [0.4, 0.5) is 0 Å². The molecule has 0 aromatic carbocycles. The third kappa shape index (κ3) is 3.33. The summed E-state index contributed by atoms with van der Waals surface area (Å²) in [7, 11) is 0. The molecule has 2 N–H and O–H groups in total. The van der Waals surface area contributed by atoms with E-state index in [1.807, 2.05) is 11.8 Å². The lowest BCUT2D eigenvalue weighted by Gasteiger charge is -2.28. The smallest absolute Gasteiger partial charge is 0.0600 e. The number of hydrogen-bond donors (Lipinski definition) is 1. The molecule has 2 unspecified atom stereocenters. The van der Waals surface area contributed by atoms with Crippen LogP contribution in [0.2, 0.25) is 0 Å². The van der Waals surface area contributed by atoms with Gasteiger partial charge in [0.15, 0.2) is 0 Å². The zero-order valence-corrected chi connectivity index (χ0v) is 8.61. The highest BCUT2D eigenvalue weighted by Crippen LogP contribution is 2.20. The Morgan fingerprint density at radius 3 is 3.08 bits per heavy atom. The van der Waals surface area contributed by atoms with Gasteiger partial charge in [0.25, 0.3) is 0 Å². The van der Waals surface area contributed by atoms with Gasteiger partial charge in [-0.05, 0) is 18.6 Å². The van der Waals surface area contributed by atoms with Crippen molar-refractivity contribution < 1.29 is 4.74 Å². The molecule has 12 heavy (non-hydrogen) atoms. The van der Waals surface area contributed by atoms with E-state index < -0.39 is 0 Å². The van der Waals surface area contributed by atoms with E-state index in [0.717, 1.165) is 19.6 Å². The van der Waals surface area contributed by atoms with Crippen LogP contribution in [0.1, 0.15) is 26.2 Å². The Morgan fingerprint density at radius 1 is 1.58 bits per heavy atom. The minimum Gasteiger partial charge on any atom is -0.380 e. The molecular weight excluding hydrogens is 170 g/mol. The van der Waals surface area contributed by atoms with Crippen molar-refractivity contribution in [1.82, 2.24) is 0 Å². The second-order valence-corrected chi connectivity index (χ2v) is 4.64. The second-order valence-electron chi connectivity index (χ2n) is 3.29. The van der Waals surface area contributed by atoms with Crippen LogP contribution in [0, 0.1) is 0 Å². The van der Waals surface area contributed by atoms with Crippen molar-refractivity contribution in [1.29, 1.82) is 0 Å². The summed E-state index contributed by atoms with van der Waals surface area (Å²) in [5.41, 5.74) is 5.96. The Labute approximate surface area is 79.2 Å². The summed E-state index contributed by atoms with van der Waals surface area (Å²) in [6, 6.07) is 0.362. The van der Waals surface area contributed by atoms with Gasteiger partial charge in [-0.15, -0.1) is 0 Å². The van der Waals surface area contributed by atoms with Gasteiger partial charge in [-0.3, -0.25) is 0 Å². The number of thioether (sulfide) groups is 1. The standard InChI is InChI=1S/C9H19NOS/c1-2-3-6-12-9-7-11-5-4-8(9)10/h8-9H,2-7,10H2,1H3. The zero-order chi connectivity index (χ0) is 8.81. The largest absolute Gasteiger partial charge is 0.380 e. The van der Waals surface area contributed by atoms with E-state index in [2.05, 4.69) is 6.92 Å². The monoisotopic (exact) mass is 189 g/mol. The molecule has 1 heterocycles. The van der Waals surface area contributed by atoms with Gasteiger partial charge < -0.3 is 10.5 Å². The molecule has 1 rings (SSSR count). The first-order chi connectivity index (χ1) is 5.84. The molecule has 2 atom stereocenters. The predicted octanol–water partition coefficient (Wildman–Crippen LogP) is 1.64. The lowest BCUT2D eigenvalue weighted by atomic mass is 10.1. The van der Waals surface area contributed by atoms with Gasteiger partial charge in [-0.2, -0.15) is 11.8 Å². The number of nitrogens with two attached hydrogens (primary N) is 1. The van der Waals surface area contributed by atoms with Gasteiger partial charge in [0.2, 0.25) is 0 Å². The highest BCUT2D eigenvalue weighted by Gasteiger charge is 2.21. The van der Waals surface area contributed by atoms with Gasteiger partial charge in [0.1, 0.15) is 0 Å². The van der Waals surface area contributed by atoms with Gasteiger partial charge in [-0.1, -0.05) is 13.3 Å². The van der Waals surface area contributed by atoms with E-state index >= 15 is 0 Å². The van der Waals surface area contributed by atoms with E-state index in [1.165, 1.54) is 18.6 Å². The highest BCUT2D eigenvalue weighted by molar-refractivity contribution is 7.99. The maximum atomic E-state index is 5.96. The summed E-state index contributed by atoms with van der Waals surface area (Å²) < 4.78 is 5.38. The second kappa shape index (κ2) is 5.84. The molecule has 0 amide bonds. The van der Waals surface area contributed by atoms with Crippen molar-refractivity contribution in [2.75, 3.05) is 19.0 Å². The normalized spacial score (nSPS) is 30.5. The topological polar surface area (TPSA) is 35.2 Å². The maximum Gasteiger partial charge on any atom is 0.0600 e. The van der Waals surface area contributed by atoms with Crippen LogP contribution in [0.3, 0.4) is 0 Å². The predicted molar refractivity (Wildman–Crippen MR) is 54.6 cm³/mol. The molecule has 2 nitrogen and oxygen atoms in total. The number of ether oxygens (including phenoxy) is 1. The molecule has 1 aliphatic heterocycles. The van der Waals surface area contributed by atoms with Crippen molar-refractivity contribution in [3.05, 3.63) is 0 Å². The minimum absolute atomic E-state index is 0.362. The van der Waals surface area contributed by atoms with Crippen molar-refractivity contribution in [2.45, 2.75) is 37.5 Å². The molecule has 72 valence electrons. The summed E-state index contributed by atoms with van der Waals surface area (Å²) in [4.78, 5) is 0. The summed E-state index contributed by atoms with van der Waals surface area (Å²) in [5.74, 6) is 1.23. The van der Waals surface area contributed by atoms with E-state index in [9.17, 15) is 0 Å². The first-order valence-corrected chi connectivity index (χ1v) is 5.84. The number of hydrogen-bond acceptors (Lipinski definition) is 3. The van der Waals surface area contributed by atoms with Gasteiger partial charge >= 0.3 is 0 Å².